The molecule has 1 aliphatic carbocycles. The summed E-state index contributed by atoms with van der Waals surface area (Å²) in [6.07, 6.45) is 5.53. The Hall–Kier alpha value is -2.89. The Bertz CT molecular complexity index is 837. The zero-order chi connectivity index (χ0) is 18.8. The van der Waals surface area contributed by atoms with Crippen molar-refractivity contribution in [1.29, 1.82) is 0 Å². The van der Waals surface area contributed by atoms with Crippen LogP contribution in [-0.4, -0.2) is 47.8 Å². The molecule has 1 aromatic carbocycles. The van der Waals surface area contributed by atoms with Crippen molar-refractivity contribution in [3.05, 3.63) is 65.9 Å². The Balaban J connectivity index is 1.27. The van der Waals surface area contributed by atoms with Crippen LogP contribution >= 0.6 is 0 Å². The second-order valence-corrected chi connectivity index (χ2v) is 7.00. The molecule has 1 aromatic heterocycles. The molecule has 2 unspecified atom stereocenters. The number of piperazine rings is 1. The first-order valence-corrected chi connectivity index (χ1v) is 9.16. The number of halogens is 1. The third-order valence-corrected chi connectivity index (χ3v) is 5.24. The molecular formula is C21H21FN2O3. The van der Waals surface area contributed by atoms with Crippen molar-refractivity contribution in [1.82, 2.24) is 9.80 Å². The Morgan fingerprint density at radius 2 is 1.74 bits per heavy atom. The van der Waals surface area contributed by atoms with E-state index in [1.165, 1.54) is 18.2 Å². The van der Waals surface area contributed by atoms with E-state index < -0.39 is 0 Å². The van der Waals surface area contributed by atoms with Crippen LogP contribution in [0.4, 0.5) is 4.39 Å². The van der Waals surface area contributed by atoms with E-state index in [9.17, 15) is 14.0 Å². The first-order chi connectivity index (χ1) is 13.1. The van der Waals surface area contributed by atoms with Gasteiger partial charge in [-0.1, -0.05) is 12.1 Å². The van der Waals surface area contributed by atoms with Gasteiger partial charge < -0.3 is 14.2 Å². The van der Waals surface area contributed by atoms with Crippen LogP contribution in [0.3, 0.4) is 0 Å². The lowest BCUT2D eigenvalue weighted by Crippen LogP contribution is -2.50. The highest BCUT2D eigenvalue weighted by molar-refractivity contribution is 5.91. The first-order valence-electron chi connectivity index (χ1n) is 9.16. The molecule has 2 amide bonds. The van der Waals surface area contributed by atoms with Crippen LogP contribution in [-0.2, 0) is 9.59 Å². The summed E-state index contributed by atoms with van der Waals surface area (Å²) in [5, 5.41) is 0. The van der Waals surface area contributed by atoms with Crippen molar-refractivity contribution in [2.24, 2.45) is 5.92 Å². The number of carbonyl (C=O) groups is 2. The van der Waals surface area contributed by atoms with Gasteiger partial charge in [-0.3, -0.25) is 9.59 Å². The zero-order valence-corrected chi connectivity index (χ0v) is 14.9. The summed E-state index contributed by atoms with van der Waals surface area (Å²) in [6, 6.07) is 9.95. The normalized spacial score (nSPS) is 22.3. The molecule has 1 aliphatic heterocycles. The molecule has 2 aromatic rings. The Labute approximate surface area is 157 Å². The maximum atomic E-state index is 13.0. The number of furan rings is 1. The van der Waals surface area contributed by atoms with Crippen molar-refractivity contribution >= 4 is 17.9 Å². The van der Waals surface area contributed by atoms with Crippen molar-refractivity contribution in [2.75, 3.05) is 26.2 Å². The van der Waals surface area contributed by atoms with Crippen LogP contribution in [0, 0.1) is 11.7 Å². The Kier molecular flexibility index (Phi) is 4.79. The van der Waals surface area contributed by atoms with E-state index >= 15 is 0 Å². The van der Waals surface area contributed by atoms with Crippen molar-refractivity contribution in [2.45, 2.75) is 12.3 Å². The summed E-state index contributed by atoms with van der Waals surface area (Å²) in [5.74, 6) is 0.615. The molecule has 0 radical (unpaired) electrons. The lowest BCUT2D eigenvalue weighted by molar-refractivity contribution is -0.138. The number of hydrogen-bond acceptors (Lipinski definition) is 3. The molecule has 1 saturated carbocycles. The van der Waals surface area contributed by atoms with Crippen LogP contribution < -0.4 is 0 Å². The summed E-state index contributed by atoms with van der Waals surface area (Å²) in [4.78, 5) is 28.5. The molecular weight excluding hydrogens is 347 g/mol. The summed E-state index contributed by atoms with van der Waals surface area (Å²) < 4.78 is 18.2. The van der Waals surface area contributed by atoms with Gasteiger partial charge in [0.05, 0.1) is 6.26 Å². The van der Waals surface area contributed by atoms with E-state index in [1.807, 2.05) is 4.90 Å². The van der Waals surface area contributed by atoms with Gasteiger partial charge in [-0.25, -0.2) is 4.39 Å². The molecule has 27 heavy (non-hydrogen) atoms. The predicted octanol–water partition coefficient (Wildman–Crippen LogP) is 2.91. The average Bonchev–Trinajstić information content (AvgIpc) is 3.32. The van der Waals surface area contributed by atoms with E-state index in [0.717, 1.165) is 12.0 Å². The van der Waals surface area contributed by atoms with Crippen molar-refractivity contribution in [3.63, 3.8) is 0 Å². The van der Waals surface area contributed by atoms with Gasteiger partial charge in [0.15, 0.2) is 0 Å². The lowest BCUT2D eigenvalue weighted by Gasteiger charge is -2.34. The Morgan fingerprint density at radius 3 is 2.41 bits per heavy atom. The maximum Gasteiger partial charge on any atom is 0.246 e. The van der Waals surface area contributed by atoms with Crippen LogP contribution in [0.5, 0.6) is 0 Å². The van der Waals surface area contributed by atoms with Crippen molar-refractivity contribution < 1.29 is 18.4 Å². The minimum absolute atomic E-state index is 0.0171. The molecule has 6 heteroatoms. The highest BCUT2D eigenvalue weighted by Crippen LogP contribution is 2.48. The van der Waals surface area contributed by atoms with Crippen molar-refractivity contribution in [3.8, 4) is 0 Å². The quantitative estimate of drug-likeness (QED) is 0.780. The van der Waals surface area contributed by atoms with Gasteiger partial charge in [-0.15, -0.1) is 0 Å². The minimum Gasteiger partial charge on any atom is -0.465 e. The summed E-state index contributed by atoms with van der Waals surface area (Å²) >= 11 is 0. The molecule has 0 bridgehead atoms. The third-order valence-electron chi connectivity index (χ3n) is 5.24. The summed E-state index contributed by atoms with van der Waals surface area (Å²) in [6.45, 7) is 2.15. The lowest BCUT2D eigenvalue weighted by atomic mass is 10.1. The van der Waals surface area contributed by atoms with Gasteiger partial charge in [0.1, 0.15) is 11.6 Å². The zero-order valence-electron chi connectivity index (χ0n) is 14.9. The first kappa shape index (κ1) is 17.5. The van der Waals surface area contributed by atoms with Gasteiger partial charge in [0.25, 0.3) is 0 Å². The molecule has 1 saturated heterocycles. The summed E-state index contributed by atoms with van der Waals surface area (Å²) in [5.41, 5.74) is 1.02. The predicted molar refractivity (Wildman–Crippen MR) is 98.2 cm³/mol. The van der Waals surface area contributed by atoms with Crippen LogP contribution in [0.1, 0.15) is 23.7 Å². The molecule has 140 valence electrons. The second-order valence-electron chi connectivity index (χ2n) is 7.00. The highest BCUT2D eigenvalue weighted by atomic mass is 19.1. The molecule has 2 heterocycles. The molecule has 2 atom stereocenters. The van der Waals surface area contributed by atoms with Gasteiger partial charge in [-0.2, -0.15) is 0 Å². The number of nitrogens with zero attached hydrogens (tertiary/aromatic N) is 2. The van der Waals surface area contributed by atoms with Gasteiger partial charge in [-0.05, 0) is 48.2 Å². The molecule has 0 N–H and O–H groups in total. The monoisotopic (exact) mass is 368 g/mol. The number of rotatable bonds is 4. The SMILES string of the molecule is O=C(/C=C/c1ccco1)N1CCN(C(=O)C2CC2c2ccc(F)cc2)CC1. The van der Waals surface area contributed by atoms with E-state index in [2.05, 4.69) is 0 Å². The molecule has 2 fully saturated rings. The second kappa shape index (κ2) is 7.39. The minimum atomic E-state index is -0.260. The fourth-order valence-corrected chi connectivity index (χ4v) is 3.57. The molecule has 5 nitrogen and oxygen atoms in total. The van der Waals surface area contributed by atoms with E-state index in [0.29, 0.717) is 31.9 Å². The standard InChI is InChI=1S/C21H21FN2O3/c22-16-5-3-15(4-6-16)18-14-19(18)21(26)24-11-9-23(10-12-24)20(25)8-7-17-2-1-13-27-17/h1-8,13,18-19H,9-12,14H2/b8-7+. The van der Waals surface area contributed by atoms with Crippen LogP contribution in [0.25, 0.3) is 6.08 Å². The average molecular weight is 368 g/mol. The molecule has 0 spiro atoms. The Morgan fingerprint density at radius 1 is 1.04 bits per heavy atom. The van der Waals surface area contributed by atoms with E-state index in [1.54, 1.807) is 41.5 Å². The largest absolute Gasteiger partial charge is 0.465 e. The fourth-order valence-electron chi connectivity index (χ4n) is 3.57. The number of hydrogen-bond donors (Lipinski definition) is 0. The molecule has 2 aliphatic rings. The van der Waals surface area contributed by atoms with Gasteiger partial charge in [0, 0.05) is 38.2 Å². The van der Waals surface area contributed by atoms with Gasteiger partial charge >= 0.3 is 0 Å². The van der Waals surface area contributed by atoms with Crippen LogP contribution in [0.2, 0.25) is 0 Å². The highest BCUT2D eigenvalue weighted by Gasteiger charge is 2.46. The van der Waals surface area contributed by atoms with Gasteiger partial charge in [0.2, 0.25) is 11.8 Å². The smallest absolute Gasteiger partial charge is 0.246 e. The number of carbonyl (C=O) groups excluding carboxylic acids is 2. The maximum absolute atomic E-state index is 13.0. The van der Waals surface area contributed by atoms with Crippen LogP contribution in [0.15, 0.2) is 53.2 Å². The third kappa shape index (κ3) is 3.94. The van der Waals surface area contributed by atoms with E-state index in [4.69, 9.17) is 4.42 Å². The topological polar surface area (TPSA) is 53.8 Å². The fraction of sp³-hybridized carbons (Fsp3) is 0.333. The van der Waals surface area contributed by atoms with E-state index in [-0.39, 0.29) is 29.5 Å². The number of amides is 2. The summed E-state index contributed by atoms with van der Waals surface area (Å²) in [7, 11) is 0. The molecule has 4 rings (SSSR count). The number of benzene rings is 1.